The molecule has 1 aromatic carbocycles. The highest BCUT2D eigenvalue weighted by molar-refractivity contribution is 5.89. The van der Waals surface area contributed by atoms with E-state index in [1.807, 2.05) is 12.1 Å². The molecular weight excluding hydrogens is 266 g/mol. The zero-order valence-corrected chi connectivity index (χ0v) is 12.7. The maximum absolute atomic E-state index is 11.6. The summed E-state index contributed by atoms with van der Waals surface area (Å²) in [5.74, 6) is 0.575. The maximum Gasteiger partial charge on any atom is 0.338 e. The van der Waals surface area contributed by atoms with Crippen molar-refractivity contribution in [1.29, 1.82) is 0 Å². The van der Waals surface area contributed by atoms with Gasteiger partial charge in [-0.3, -0.25) is 0 Å². The lowest BCUT2D eigenvalue weighted by molar-refractivity contribution is 0.0526. The molecular formula is C16H23N3O2. The number of rotatable bonds is 6. The van der Waals surface area contributed by atoms with Crippen LogP contribution in [0.2, 0.25) is 0 Å². The zero-order valence-electron chi connectivity index (χ0n) is 12.7. The summed E-state index contributed by atoms with van der Waals surface area (Å²) in [7, 11) is 0. The molecule has 1 saturated carbocycles. The Morgan fingerprint density at radius 3 is 2.57 bits per heavy atom. The topological polar surface area (TPSA) is 62.7 Å². The van der Waals surface area contributed by atoms with Crippen molar-refractivity contribution in [2.45, 2.75) is 39.3 Å². The van der Waals surface area contributed by atoms with Crippen LogP contribution in [0.1, 0.15) is 42.6 Å². The minimum absolute atomic E-state index is 0.281. The van der Waals surface area contributed by atoms with Gasteiger partial charge in [-0.1, -0.05) is 12.1 Å². The molecule has 0 amide bonds. The first kappa shape index (κ1) is 15.4. The standard InChI is InChI=1S/C16H23N3O2/c1-3-17-16(19-14-9-10-14)18-11-12-5-7-13(8-6-12)15(20)21-4-2/h5-8,14H,3-4,9-11H2,1-2H3,(H2,17,18,19). The maximum atomic E-state index is 11.6. The first-order valence-corrected chi connectivity index (χ1v) is 7.53. The molecule has 2 rings (SSSR count). The molecule has 21 heavy (non-hydrogen) atoms. The van der Waals surface area contributed by atoms with Gasteiger partial charge in [0.25, 0.3) is 0 Å². The lowest BCUT2D eigenvalue weighted by Gasteiger charge is -2.10. The summed E-state index contributed by atoms with van der Waals surface area (Å²) in [6.45, 7) is 5.68. The fourth-order valence-electron chi connectivity index (χ4n) is 1.87. The van der Waals surface area contributed by atoms with Gasteiger partial charge >= 0.3 is 5.97 Å². The van der Waals surface area contributed by atoms with Crippen molar-refractivity contribution in [2.75, 3.05) is 13.2 Å². The predicted molar refractivity (Wildman–Crippen MR) is 83.4 cm³/mol. The summed E-state index contributed by atoms with van der Waals surface area (Å²) >= 11 is 0. The summed E-state index contributed by atoms with van der Waals surface area (Å²) in [4.78, 5) is 16.1. The van der Waals surface area contributed by atoms with Crippen molar-refractivity contribution in [3.05, 3.63) is 35.4 Å². The Morgan fingerprint density at radius 1 is 1.29 bits per heavy atom. The van der Waals surface area contributed by atoms with Crippen LogP contribution in [-0.4, -0.2) is 31.1 Å². The number of benzene rings is 1. The van der Waals surface area contributed by atoms with E-state index in [0.717, 1.165) is 18.1 Å². The summed E-state index contributed by atoms with van der Waals surface area (Å²) in [6.07, 6.45) is 2.44. The third-order valence-electron chi connectivity index (χ3n) is 3.15. The van der Waals surface area contributed by atoms with E-state index in [-0.39, 0.29) is 5.97 Å². The van der Waals surface area contributed by atoms with E-state index in [1.54, 1.807) is 19.1 Å². The van der Waals surface area contributed by atoms with Gasteiger partial charge in [-0.15, -0.1) is 0 Å². The normalized spacial score (nSPS) is 14.7. The molecule has 114 valence electrons. The summed E-state index contributed by atoms with van der Waals surface area (Å²) in [5.41, 5.74) is 1.64. The Hall–Kier alpha value is -2.04. The van der Waals surface area contributed by atoms with Crippen LogP contribution in [0, 0.1) is 0 Å². The molecule has 5 nitrogen and oxygen atoms in total. The highest BCUT2D eigenvalue weighted by atomic mass is 16.5. The molecule has 2 N–H and O–H groups in total. The van der Waals surface area contributed by atoms with Crippen LogP contribution < -0.4 is 10.6 Å². The number of esters is 1. The number of hydrogen-bond acceptors (Lipinski definition) is 3. The van der Waals surface area contributed by atoms with Gasteiger partial charge in [-0.05, 0) is 44.4 Å². The van der Waals surface area contributed by atoms with Crippen LogP contribution in [0.3, 0.4) is 0 Å². The fraction of sp³-hybridized carbons (Fsp3) is 0.500. The Bertz CT molecular complexity index is 493. The number of carbonyl (C=O) groups excluding carboxylic acids is 1. The average molecular weight is 289 g/mol. The van der Waals surface area contributed by atoms with E-state index >= 15 is 0 Å². The van der Waals surface area contributed by atoms with Gasteiger partial charge in [0.05, 0.1) is 18.7 Å². The highest BCUT2D eigenvalue weighted by Gasteiger charge is 2.21. The van der Waals surface area contributed by atoms with Crippen LogP contribution in [0.15, 0.2) is 29.3 Å². The average Bonchev–Trinajstić information content (AvgIpc) is 3.30. The van der Waals surface area contributed by atoms with Crippen molar-refractivity contribution < 1.29 is 9.53 Å². The molecule has 1 aliphatic carbocycles. The second-order valence-corrected chi connectivity index (χ2v) is 5.03. The van der Waals surface area contributed by atoms with Crippen LogP contribution >= 0.6 is 0 Å². The van der Waals surface area contributed by atoms with Crippen LogP contribution in [0.25, 0.3) is 0 Å². The van der Waals surface area contributed by atoms with Crippen molar-refractivity contribution in [3.63, 3.8) is 0 Å². The number of ether oxygens (including phenoxy) is 1. The minimum Gasteiger partial charge on any atom is -0.462 e. The van der Waals surface area contributed by atoms with Gasteiger partial charge in [0, 0.05) is 12.6 Å². The Labute approximate surface area is 125 Å². The molecule has 0 saturated heterocycles. The van der Waals surface area contributed by atoms with Gasteiger partial charge in [-0.25, -0.2) is 9.79 Å². The fourth-order valence-corrected chi connectivity index (χ4v) is 1.87. The van der Waals surface area contributed by atoms with E-state index in [1.165, 1.54) is 12.8 Å². The largest absolute Gasteiger partial charge is 0.462 e. The van der Waals surface area contributed by atoms with Crippen LogP contribution in [0.4, 0.5) is 0 Å². The monoisotopic (exact) mass is 289 g/mol. The zero-order chi connectivity index (χ0) is 15.1. The molecule has 0 radical (unpaired) electrons. The minimum atomic E-state index is -0.281. The third kappa shape index (κ3) is 5.10. The molecule has 0 unspecified atom stereocenters. The second kappa shape index (κ2) is 7.67. The number of aliphatic imine (C=N–C) groups is 1. The number of nitrogens with zero attached hydrogens (tertiary/aromatic N) is 1. The first-order chi connectivity index (χ1) is 10.2. The number of hydrogen-bond donors (Lipinski definition) is 2. The quantitative estimate of drug-likeness (QED) is 0.478. The SMILES string of the molecule is CCNC(=NCc1ccc(C(=O)OCC)cc1)NC1CC1. The molecule has 0 atom stereocenters. The molecule has 1 aliphatic rings. The van der Waals surface area contributed by atoms with Gasteiger partial charge in [-0.2, -0.15) is 0 Å². The summed E-state index contributed by atoms with van der Waals surface area (Å²) in [6, 6.07) is 7.97. The van der Waals surface area contributed by atoms with Crippen molar-refractivity contribution in [1.82, 2.24) is 10.6 Å². The van der Waals surface area contributed by atoms with Crippen molar-refractivity contribution in [2.24, 2.45) is 4.99 Å². The van der Waals surface area contributed by atoms with Gasteiger partial charge in [0.1, 0.15) is 0 Å². The number of carbonyl (C=O) groups is 1. The van der Waals surface area contributed by atoms with Crippen molar-refractivity contribution >= 4 is 11.9 Å². The molecule has 0 aliphatic heterocycles. The molecule has 0 bridgehead atoms. The van der Waals surface area contributed by atoms with Gasteiger partial charge in [0.2, 0.25) is 0 Å². The smallest absolute Gasteiger partial charge is 0.338 e. The molecule has 1 fully saturated rings. The predicted octanol–water partition coefficient (Wildman–Crippen LogP) is 2.08. The lowest BCUT2D eigenvalue weighted by Crippen LogP contribution is -2.38. The van der Waals surface area contributed by atoms with E-state index < -0.39 is 0 Å². The van der Waals surface area contributed by atoms with E-state index in [9.17, 15) is 4.79 Å². The Balaban J connectivity index is 1.93. The van der Waals surface area contributed by atoms with Crippen LogP contribution in [-0.2, 0) is 11.3 Å². The van der Waals surface area contributed by atoms with E-state index in [4.69, 9.17) is 4.74 Å². The molecule has 0 aromatic heterocycles. The highest BCUT2D eigenvalue weighted by Crippen LogP contribution is 2.18. The van der Waals surface area contributed by atoms with Gasteiger partial charge < -0.3 is 15.4 Å². The third-order valence-corrected chi connectivity index (χ3v) is 3.15. The molecule has 5 heteroatoms. The molecule has 1 aromatic rings. The van der Waals surface area contributed by atoms with Crippen LogP contribution in [0.5, 0.6) is 0 Å². The van der Waals surface area contributed by atoms with Crippen molar-refractivity contribution in [3.8, 4) is 0 Å². The summed E-state index contributed by atoms with van der Waals surface area (Å²) < 4.78 is 4.96. The molecule has 0 spiro atoms. The second-order valence-electron chi connectivity index (χ2n) is 5.03. The lowest BCUT2D eigenvalue weighted by atomic mass is 10.1. The Morgan fingerprint density at radius 2 is 2.00 bits per heavy atom. The molecule has 0 heterocycles. The number of guanidine groups is 1. The Kier molecular flexibility index (Phi) is 5.60. The summed E-state index contributed by atoms with van der Waals surface area (Å²) in [5, 5.41) is 6.61. The first-order valence-electron chi connectivity index (χ1n) is 7.53. The van der Waals surface area contributed by atoms with E-state index in [0.29, 0.717) is 24.8 Å². The van der Waals surface area contributed by atoms with Gasteiger partial charge in [0.15, 0.2) is 5.96 Å². The van der Waals surface area contributed by atoms with E-state index in [2.05, 4.69) is 22.5 Å². The number of nitrogens with one attached hydrogen (secondary N) is 2.